The summed E-state index contributed by atoms with van der Waals surface area (Å²) < 4.78 is 25.8. The summed E-state index contributed by atoms with van der Waals surface area (Å²) in [4.78, 5) is 38.4. The highest BCUT2D eigenvalue weighted by atomic mass is 19.1. The summed E-state index contributed by atoms with van der Waals surface area (Å²) in [6.45, 7) is 7.28. The quantitative estimate of drug-likeness (QED) is 0.154. The topological polar surface area (TPSA) is 88.2 Å². The monoisotopic (exact) mass is 579 g/mol. The van der Waals surface area contributed by atoms with E-state index in [2.05, 4.69) is 5.32 Å². The van der Waals surface area contributed by atoms with Gasteiger partial charge in [-0.3, -0.25) is 14.6 Å². The Labute approximate surface area is 248 Å². The Morgan fingerprint density at radius 1 is 0.953 bits per heavy atom. The highest BCUT2D eigenvalue weighted by Crippen LogP contribution is 2.50. The molecule has 2 aliphatic heterocycles. The van der Waals surface area contributed by atoms with Crippen LogP contribution >= 0.6 is 0 Å². The van der Waals surface area contributed by atoms with Crippen LogP contribution in [-0.2, 0) is 11.3 Å². The number of nitrogens with one attached hydrogen (secondary N) is 1. The van der Waals surface area contributed by atoms with Gasteiger partial charge in [0.05, 0.1) is 36.3 Å². The van der Waals surface area contributed by atoms with E-state index in [1.807, 2.05) is 37.9 Å². The Morgan fingerprint density at radius 2 is 1.70 bits per heavy atom. The number of carbonyl (C=O) groups excluding carboxylic acids is 3. The average Bonchev–Trinajstić information content (AvgIpc) is 3.38. The van der Waals surface area contributed by atoms with E-state index < -0.39 is 17.3 Å². The number of esters is 1. The van der Waals surface area contributed by atoms with Gasteiger partial charge >= 0.3 is 5.97 Å². The predicted molar refractivity (Wildman–Crippen MR) is 162 cm³/mol. The van der Waals surface area contributed by atoms with Crippen molar-refractivity contribution in [2.45, 2.75) is 39.8 Å². The van der Waals surface area contributed by atoms with Gasteiger partial charge in [0.2, 0.25) is 0 Å². The fourth-order valence-electron chi connectivity index (χ4n) is 5.64. The lowest BCUT2D eigenvalue weighted by molar-refractivity contribution is -0.122. The van der Waals surface area contributed by atoms with Crippen molar-refractivity contribution in [3.8, 4) is 22.6 Å². The second kappa shape index (κ2) is 10.3. The van der Waals surface area contributed by atoms with E-state index in [-0.39, 0.29) is 23.0 Å². The Hall–Kier alpha value is -5.18. The predicted octanol–water partition coefficient (Wildman–Crippen LogP) is 6.70. The van der Waals surface area contributed by atoms with Crippen molar-refractivity contribution in [1.29, 1.82) is 0 Å². The molecule has 0 fully saturated rings. The zero-order chi connectivity index (χ0) is 30.6. The molecule has 9 heteroatoms. The summed E-state index contributed by atoms with van der Waals surface area (Å²) in [6, 6.07) is 19.9. The largest absolute Gasteiger partial charge is 0.496 e. The normalized spacial score (nSPS) is 14.7. The van der Waals surface area contributed by atoms with Crippen LogP contribution in [0.5, 0.6) is 11.5 Å². The number of ketones is 1. The zero-order valence-electron chi connectivity index (χ0n) is 24.4. The number of rotatable bonds is 6. The van der Waals surface area contributed by atoms with E-state index >= 15 is 0 Å². The number of amides is 1. The number of halogens is 1. The molecule has 1 amide bonds. The second-order valence-electron chi connectivity index (χ2n) is 11.2. The summed E-state index contributed by atoms with van der Waals surface area (Å²) in [7, 11) is 1.53. The first-order chi connectivity index (χ1) is 20.5. The molecule has 218 valence electrons. The number of ether oxygens (including phenoxy) is 2. The summed E-state index contributed by atoms with van der Waals surface area (Å²) >= 11 is 0. The maximum Gasteiger partial charge on any atom is 0.343 e. The van der Waals surface area contributed by atoms with Crippen molar-refractivity contribution in [3.05, 3.63) is 101 Å². The SMILES string of the molecule is COc1cc(OC(=O)c2cccc(C(C)=O)c2)ccc1-c1ccc2c3c1CN(c1cc(F)ccc1C)N3C(=O)C(C)(C)N2. The smallest absolute Gasteiger partial charge is 0.343 e. The molecule has 0 aliphatic carbocycles. The van der Waals surface area contributed by atoms with Gasteiger partial charge in [0.1, 0.15) is 22.9 Å². The maximum atomic E-state index is 14.4. The number of anilines is 3. The van der Waals surface area contributed by atoms with Crippen molar-refractivity contribution in [2.24, 2.45) is 0 Å². The van der Waals surface area contributed by atoms with Crippen LogP contribution in [0.3, 0.4) is 0 Å². The van der Waals surface area contributed by atoms with Gasteiger partial charge in [0.15, 0.2) is 5.78 Å². The number of Topliss-reactive ketones (excluding diaryl/α,β-unsaturated/α-hetero) is 1. The fourth-order valence-corrected chi connectivity index (χ4v) is 5.64. The van der Waals surface area contributed by atoms with E-state index in [4.69, 9.17) is 9.47 Å². The van der Waals surface area contributed by atoms with Gasteiger partial charge in [-0.25, -0.2) is 14.2 Å². The molecule has 2 heterocycles. The van der Waals surface area contributed by atoms with Gasteiger partial charge in [-0.1, -0.05) is 24.3 Å². The Kier molecular flexibility index (Phi) is 6.68. The molecule has 0 unspecified atom stereocenters. The van der Waals surface area contributed by atoms with Gasteiger partial charge in [-0.05, 0) is 81.3 Å². The number of benzene rings is 4. The molecule has 43 heavy (non-hydrogen) atoms. The third-order valence-corrected chi connectivity index (χ3v) is 7.85. The van der Waals surface area contributed by atoms with Crippen LogP contribution in [0.25, 0.3) is 11.1 Å². The first kappa shape index (κ1) is 28.0. The summed E-state index contributed by atoms with van der Waals surface area (Å²) in [5, 5.41) is 6.82. The molecule has 0 aromatic heterocycles. The Bertz CT molecular complexity index is 1830. The molecule has 4 aromatic rings. The third-order valence-electron chi connectivity index (χ3n) is 7.85. The Morgan fingerprint density at radius 3 is 2.44 bits per heavy atom. The molecule has 0 saturated heterocycles. The van der Waals surface area contributed by atoms with E-state index in [0.717, 1.165) is 27.9 Å². The van der Waals surface area contributed by atoms with E-state index in [1.165, 1.54) is 32.2 Å². The average molecular weight is 580 g/mol. The van der Waals surface area contributed by atoms with Crippen molar-refractivity contribution in [1.82, 2.24) is 0 Å². The van der Waals surface area contributed by atoms with Crippen molar-refractivity contribution < 1.29 is 28.2 Å². The summed E-state index contributed by atoms with van der Waals surface area (Å²) in [5.74, 6) is -0.577. The molecule has 0 bridgehead atoms. The summed E-state index contributed by atoms with van der Waals surface area (Å²) in [5.41, 5.74) is 5.12. The highest BCUT2D eigenvalue weighted by molar-refractivity contribution is 6.12. The lowest BCUT2D eigenvalue weighted by atomic mass is 9.93. The molecule has 2 aliphatic rings. The number of hydrogen-bond donors (Lipinski definition) is 1. The van der Waals surface area contributed by atoms with Gasteiger partial charge < -0.3 is 14.8 Å². The van der Waals surface area contributed by atoms with Crippen LogP contribution in [-0.4, -0.2) is 30.3 Å². The van der Waals surface area contributed by atoms with Crippen molar-refractivity contribution in [3.63, 3.8) is 0 Å². The van der Waals surface area contributed by atoms with Crippen LogP contribution in [0.2, 0.25) is 0 Å². The van der Waals surface area contributed by atoms with Crippen LogP contribution < -0.4 is 24.8 Å². The number of carbonyl (C=O) groups is 3. The second-order valence-corrected chi connectivity index (χ2v) is 11.2. The molecular formula is C34H30FN3O5. The first-order valence-corrected chi connectivity index (χ1v) is 13.8. The lowest BCUT2D eigenvalue weighted by Crippen LogP contribution is -2.57. The standard InChI is InChI=1S/C34H30FN3O5/c1-19-9-10-23(35)16-29(19)37-18-27-25(13-14-28-31(27)38(37)33(41)34(3,4)36-28)26-12-11-24(17-30(26)42-5)43-32(40)22-8-6-7-21(15-22)20(2)39/h6-17,36H,18H2,1-5H3. The van der Waals surface area contributed by atoms with Crippen LogP contribution in [0, 0.1) is 12.7 Å². The third kappa shape index (κ3) is 4.76. The molecule has 4 aromatic carbocycles. The molecule has 1 N–H and O–H groups in total. The van der Waals surface area contributed by atoms with E-state index in [1.54, 1.807) is 47.5 Å². The minimum Gasteiger partial charge on any atom is -0.496 e. The van der Waals surface area contributed by atoms with Crippen LogP contribution in [0.4, 0.5) is 21.5 Å². The van der Waals surface area contributed by atoms with Gasteiger partial charge in [-0.15, -0.1) is 0 Å². The van der Waals surface area contributed by atoms with E-state index in [9.17, 15) is 18.8 Å². The molecule has 6 rings (SSSR count). The number of hydrogen-bond acceptors (Lipinski definition) is 7. The van der Waals surface area contributed by atoms with Crippen molar-refractivity contribution >= 4 is 34.7 Å². The number of hydrazine groups is 1. The maximum absolute atomic E-state index is 14.4. The molecule has 0 saturated carbocycles. The minimum atomic E-state index is -0.886. The Balaban J connectivity index is 1.40. The molecular weight excluding hydrogens is 549 g/mol. The molecule has 0 atom stereocenters. The van der Waals surface area contributed by atoms with Crippen LogP contribution in [0.15, 0.2) is 72.8 Å². The molecule has 0 radical (unpaired) electrons. The number of aryl methyl sites for hydroxylation is 1. The van der Waals surface area contributed by atoms with Gasteiger partial charge in [0, 0.05) is 22.8 Å². The molecule has 8 nitrogen and oxygen atoms in total. The van der Waals surface area contributed by atoms with Gasteiger partial charge in [-0.2, -0.15) is 0 Å². The number of methoxy groups -OCH3 is 1. The van der Waals surface area contributed by atoms with Crippen molar-refractivity contribution in [2.75, 3.05) is 22.4 Å². The summed E-state index contributed by atoms with van der Waals surface area (Å²) in [6.07, 6.45) is 0. The van der Waals surface area contributed by atoms with Crippen LogP contribution in [0.1, 0.15) is 52.6 Å². The van der Waals surface area contributed by atoms with Gasteiger partial charge in [0.25, 0.3) is 5.91 Å². The minimum absolute atomic E-state index is 0.149. The highest BCUT2D eigenvalue weighted by Gasteiger charge is 2.47. The first-order valence-electron chi connectivity index (χ1n) is 13.8. The lowest BCUT2D eigenvalue weighted by Gasteiger charge is -2.41. The fraction of sp³-hybridized carbons (Fsp3) is 0.206. The zero-order valence-corrected chi connectivity index (χ0v) is 24.4. The molecule has 0 spiro atoms. The van der Waals surface area contributed by atoms with E-state index in [0.29, 0.717) is 29.2 Å². The number of nitrogens with zero attached hydrogens (tertiary/aromatic N) is 2.